The molecule has 1 aliphatic heterocycles. The van der Waals surface area contributed by atoms with Gasteiger partial charge in [-0.3, -0.25) is 9.69 Å². The number of benzene rings is 1. The molecule has 1 amide bonds. The molecular formula is C16H24Cl2N2O2. The Bertz CT molecular complexity index is 523. The highest BCUT2D eigenvalue weighted by Gasteiger charge is 2.24. The lowest BCUT2D eigenvalue weighted by Crippen LogP contribution is -2.40. The summed E-state index contributed by atoms with van der Waals surface area (Å²) in [6.07, 6.45) is 2.34. The molecule has 2 rings (SSSR count). The van der Waals surface area contributed by atoms with Gasteiger partial charge in [-0.1, -0.05) is 18.5 Å². The number of likely N-dealkylation sites (N-methyl/N-ethyl adjacent to an activating group) is 1. The second-order valence-corrected chi connectivity index (χ2v) is 5.84. The molecule has 4 nitrogen and oxygen atoms in total. The zero-order chi connectivity index (χ0) is 15.4. The fraction of sp³-hybridized carbons (Fsp3) is 0.562. The predicted octanol–water partition coefficient (Wildman–Crippen LogP) is 3.29. The van der Waals surface area contributed by atoms with Crippen molar-refractivity contribution in [3.05, 3.63) is 28.3 Å². The number of nitrogens with zero attached hydrogens (tertiary/aromatic N) is 1. The third-order valence-electron chi connectivity index (χ3n) is 4.13. The number of carbonyl (C=O) groups is 1. The molecule has 1 N–H and O–H groups in total. The van der Waals surface area contributed by atoms with E-state index in [4.69, 9.17) is 16.3 Å². The summed E-state index contributed by atoms with van der Waals surface area (Å²) in [5.74, 6) is 0.435. The van der Waals surface area contributed by atoms with Crippen molar-refractivity contribution in [3.63, 3.8) is 0 Å². The highest BCUT2D eigenvalue weighted by Crippen LogP contribution is 2.26. The minimum atomic E-state index is -0.128. The highest BCUT2D eigenvalue weighted by molar-refractivity contribution is 6.31. The van der Waals surface area contributed by atoms with Crippen molar-refractivity contribution in [2.75, 3.05) is 26.7 Å². The number of methoxy groups -OCH3 is 1. The van der Waals surface area contributed by atoms with Gasteiger partial charge in [0, 0.05) is 17.6 Å². The third-order valence-corrected chi connectivity index (χ3v) is 4.54. The van der Waals surface area contributed by atoms with Gasteiger partial charge in [-0.25, -0.2) is 0 Å². The van der Waals surface area contributed by atoms with Crippen LogP contribution in [0.3, 0.4) is 0 Å². The summed E-state index contributed by atoms with van der Waals surface area (Å²) in [5.41, 5.74) is 1.40. The molecule has 1 aromatic carbocycles. The summed E-state index contributed by atoms with van der Waals surface area (Å²) in [5, 5.41) is 3.59. The molecule has 0 saturated carbocycles. The quantitative estimate of drug-likeness (QED) is 0.889. The Labute approximate surface area is 143 Å². The molecule has 0 aromatic heterocycles. The Morgan fingerprint density at radius 1 is 1.50 bits per heavy atom. The van der Waals surface area contributed by atoms with Gasteiger partial charge in [0.05, 0.1) is 12.7 Å². The van der Waals surface area contributed by atoms with Crippen LogP contribution in [-0.4, -0.2) is 43.6 Å². The van der Waals surface area contributed by atoms with Crippen LogP contribution in [0.5, 0.6) is 5.75 Å². The van der Waals surface area contributed by atoms with Crippen molar-refractivity contribution in [3.8, 4) is 5.75 Å². The van der Waals surface area contributed by atoms with Gasteiger partial charge in [0.2, 0.25) is 0 Å². The smallest absolute Gasteiger partial charge is 0.255 e. The lowest BCUT2D eigenvalue weighted by atomic mass is 10.1. The van der Waals surface area contributed by atoms with E-state index in [1.54, 1.807) is 19.2 Å². The number of amides is 1. The molecule has 1 saturated heterocycles. The molecular weight excluding hydrogens is 323 g/mol. The van der Waals surface area contributed by atoms with Crippen molar-refractivity contribution in [2.45, 2.75) is 32.7 Å². The summed E-state index contributed by atoms with van der Waals surface area (Å²) < 4.78 is 5.29. The summed E-state index contributed by atoms with van der Waals surface area (Å²) >= 11 is 6.12. The van der Waals surface area contributed by atoms with Gasteiger partial charge in [0.15, 0.2) is 0 Å². The number of aryl methyl sites for hydroxylation is 1. The highest BCUT2D eigenvalue weighted by atomic mass is 35.5. The summed E-state index contributed by atoms with van der Waals surface area (Å²) in [7, 11) is 1.56. The topological polar surface area (TPSA) is 41.6 Å². The van der Waals surface area contributed by atoms with Crippen LogP contribution in [0, 0.1) is 6.92 Å². The number of rotatable bonds is 5. The van der Waals surface area contributed by atoms with E-state index in [9.17, 15) is 4.79 Å². The minimum Gasteiger partial charge on any atom is -0.496 e. The first-order chi connectivity index (χ1) is 10.1. The van der Waals surface area contributed by atoms with Crippen molar-refractivity contribution in [2.24, 2.45) is 0 Å². The van der Waals surface area contributed by atoms with E-state index in [0.29, 0.717) is 28.9 Å². The molecule has 1 atom stereocenters. The molecule has 6 heteroatoms. The molecule has 0 bridgehead atoms. The van der Waals surface area contributed by atoms with Crippen LogP contribution in [0.4, 0.5) is 0 Å². The van der Waals surface area contributed by atoms with Gasteiger partial charge in [-0.2, -0.15) is 0 Å². The maximum Gasteiger partial charge on any atom is 0.255 e. The maximum absolute atomic E-state index is 12.4. The molecule has 0 radical (unpaired) electrons. The van der Waals surface area contributed by atoms with Crippen molar-refractivity contribution in [1.29, 1.82) is 0 Å². The average Bonchev–Trinajstić information content (AvgIpc) is 2.94. The lowest BCUT2D eigenvalue weighted by molar-refractivity contribution is 0.0938. The molecule has 1 aliphatic rings. The number of hydrogen-bond donors (Lipinski definition) is 1. The van der Waals surface area contributed by atoms with Gasteiger partial charge < -0.3 is 10.1 Å². The molecule has 1 aromatic rings. The molecule has 124 valence electrons. The molecule has 1 heterocycles. The van der Waals surface area contributed by atoms with Crippen LogP contribution in [0.25, 0.3) is 0 Å². The van der Waals surface area contributed by atoms with E-state index in [1.165, 1.54) is 6.42 Å². The molecule has 0 aliphatic carbocycles. The standard InChI is InChI=1S/C16H23ClN2O2.ClH/c1-4-19-7-5-6-12(19)10-18-16(20)13-9-14(17)11(2)8-15(13)21-3;/h8-9,12H,4-7,10H2,1-3H3,(H,18,20);1H. The van der Waals surface area contributed by atoms with Gasteiger partial charge in [0.25, 0.3) is 5.91 Å². The number of nitrogens with one attached hydrogen (secondary N) is 1. The Kier molecular flexibility index (Phi) is 7.46. The number of ether oxygens (including phenoxy) is 1. The van der Waals surface area contributed by atoms with Gasteiger partial charge >= 0.3 is 0 Å². The summed E-state index contributed by atoms with van der Waals surface area (Å²) in [4.78, 5) is 14.8. The van der Waals surface area contributed by atoms with Crippen LogP contribution < -0.4 is 10.1 Å². The van der Waals surface area contributed by atoms with Crippen molar-refractivity contribution >= 4 is 29.9 Å². The Morgan fingerprint density at radius 2 is 2.23 bits per heavy atom. The Morgan fingerprint density at radius 3 is 2.86 bits per heavy atom. The van der Waals surface area contributed by atoms with Crippen LogP contribution in [0.15, 0.2) is 12.1 Å². The average molecular weight is 347 g/mol. The number of carbonyl (C=O) groups excluding carboxylic acids is 1. The van der Waals surface area contributed by atoms with Gasteiger partial charge in [0.1, 0.15) is 5.75 Å². The fourth-order valence-electron chi connectivity index (χ4n) is 2.85. The van der Waals surface area contributed by atoms with E-state index >= 15 is 0 Å². The van der Waals surface area contributed by atoms with Crippen LogP contribution in [-0.2, 0) is 0 Å². The Balaban J connectivity index is 0.00000242. The maximum atomic E-state index is 12.4. The van der Waals surface area contributed by atoms with E-state index in [0.717, 1.165) is 25.1 Å². The van der Waals surface area contributed by atoms with Gasteiger partial charge in [-0.15, -0.1) is 12.4 Å². The van der Waals surface area contributed by atoms with Crippen molar-refractivity contribution < 1.29 is 9.53 Å². The van der Waals surface area contributed by atoms with Gasteiger partial charge in [-0.05, 0) is 50.6 Å². The SMILES string of the molecule is CCN1CCCC1CNC(=O)c1cc(Cl)c(C)cc1OC.Cl. The number of halogens is 2. The zero-order valence-electron chi connectivity index (χ0n) is 13.3. The fourth-order valence-corrected chi connectivity index (χ4v) is 3.01. The first-order valence-electron chi connectivity index (χ1n) is 7.43. The normalized spacial score (nSPS) is 17.9. The third kappa shape index (κ3) is 4.28. The van der Waals surface area contributed by atoms with E-state index < -0.39 is 0 Å². The molecule has 22 heavy (non-hydrogen) atoms. The summed E-state index contributed by atoms with van der Waals surface area (Å²) in [6, 6.07) is 3.91. The zero-order valence-corrected chi connectivity index (χ0v) is 14.9. The first kappa shape index (κ1) is 19.1. The molecule has 0 spiro atoms. The largest absolute Gasteiger partial charge is 0.496 e. The van der Waals surface area contributed by atoms with E-state index in [-0.39, 0.29) is 18.3 Å². The van der Waals surface area contributed by atoms with E-state index in [2.05, 4.69) is 17.1 Å². The predicted molar refractivity (Wildman–Crippen MR) is 92.6 cm³/mol. The van der Waals surface area contributed by atoms with Crippen LogP contribution >= 0.6 is 24.0 Å². The van der Waals surface area contributed by atoms with Crippen LogP contribution in [0.1, 0.15) is 35.7 Å². The number of likely N-dealkylation sites (tertiary alicyclic amines) is 1. The molecule has 1 unspecified atom stereocenters. The summed E-state index contributed by atoms with van der Waals surface area (Å²) in [6.45, 7) is 6.87. The lowest BCUT2D eigenvalue weighted by Gasteiger charge is -2.23. The molecule has 1 fully saturated rings. The van der Waals surface area contributed by atoms with Crippen LogP contribution in [0.2, 0.25) is 5.02 Å². The van der Waals surface area contributed by atoms with E-state index in [1.807, 2.05) is 6.92 Å². The first-order valence-corrected chi connectivity index (χ1v) is 7.81. The second-order valence-electron chi connectivity index (χ2n) is 5.44. The number of hydrogen-bond acceptors (Lipinski definition) is 3. The monoisotopic (exact) mass is 346 g/mol. The van der Waals surface area contributed by atoms with Crippen molar-refractivity contribution in [1.82, 2.24) is 10.2 Å². The minimum absolute atomic E-state index is 0. The Hall–Kier alpha value is -0.970. The second kappa shape index (κ2) is 8.61.